The Morgan fingerprint density at radius 2 is 1.83 bits per heavy atom. The van der Waals surface area contributed by atoms with Crippen molar-refractivity contribution in [3.63, 3.8) is 0 Å². The first-order chi connectivity index (χ1) is 14.2. The number of aromatic amines is 1. The second kappa shape index (κ2) is 8.74. The summed E-state index contributed by atoms with van der Waals surface area (Å²) in [5.74, 6) is 2.57. The van der Waals surface area contributed by atoms with Crippen LogP contribution in [0.15, 0.2) is 36.4 Å². The van der Waals surface area contributed by atoms with Gasteiger partial charge in [-0.2, -0.15) is 15.3 Å². The maximum atomic E-state index is 8.78. The van der Waals surface area contributed by atoms with Crippen LogP contribution in [0.4, 0.5) is 23.3 Å². The molecule has 0 amide bonds. The second-order valence-corrected chi connectivity index (χ2v) is 7.54. The molecule has 0 spiro atoms. The summed E-state index contributed by atoms with van der Waals surface area (Å²) in [6.07, 6.45) is 6.80. The lowest BCUT2D eigenvalue weighted by Gasteiger charge is -2.19. The molecule has 0 bridgehead atoms. The van der Waals surface area contributed by atoms with Crippen molar-refractivity contribution in [1.82, 2.24) is 20.2 Å². The molecule has 0 aliphatic heterocycles. The lowest BCUT2D eigenvalue weighted by atomic mass is 9.87. The van der Waals surface area contributed by atoms with Crippen molar-refractivity contribution in [3.05, 3.63) is 53.3 Å². The largest absolute Gasteiger partial charge is 0.324 e. The predicted molar refractivity (Wildman–Crippen MR) is 114 cm³/mol. The van der Waals surface area contributed by atoms with Crippen molar-refractivity contribution >= 4 is 23.3 Å². The van der Waals surface area contributed by atoms with Crippen LogP contribution in [0.1, 0.15) is 55.0 Å². The molecule has 0 radical (unpaired) electrons. The van der Waals surface area contributed by atoms with Crippen molar-refractivity contribution < 1.29 is 0 Å². The highest BCUT2D eigenvalue weighted by Crippen LogP contribution is 2.32. The van der Waals surface area contributed by atoms with Gasteiger partial charge in [0.25, 0.3) is 0 Å². The van der Waals surface area contributed by atoms with E-state index in [2.05, 4.69) is 42.9 Å². The lowest BCUT2D eigenvalue weighted by molar-refractivity contribution is 0.436. The van der Waals surface area contributed by atoms with Crippen LogP contribution in [-0.4, -0.2) is 20.2 Å². The van der Waals surface area contributed by atoms with Crippen LogP contribution in [-0.2, 0) is 6.42 Å². The molecule has 4 rings (SSSR count). The van der Waals surface area contributed by atoms with E-state index in [0.29, 0.717) is 24.1 Å². The third kappa shape index (κ3) is 4.91. The van der Waals surface area contributed by atoms with Gasteiger partial charge in [0.1, 0.15) is 5.82 Å². The van der Waals surface area contributed by atoms with E-state index in [1.807, 2.05) is 37.3 Å². The van der Waals surface area contributed by atoms with Gasteiger partial charge in [0, 0.05) is 35.1 Å². The first kappa shape index (κ1) is 18.9. The Balaban J connectivity index is 1.45. The molecule has 7 heteroatoms. The highest BCUT2D eigenvalue weighted by Gasteiger charge is 2.18. The Kier molecular flexibility index (Phi) is 5.71. The standard InChI is InChI=1S/C22H25N7/c1-15-13-20(26-21-14-19(28-29-21)17-5-3-2-4-6-17)27-22(24-15)25-18-9-7-16(8-10-18)11-12-23/h7-10,13-14,17H,2-6,11H2,1H3,(H3,24,25,26,27,28,29). The molecule has 1 aliphatic rings. The maximum Gasteiger partial charge on any atom is 0.229 e. The number of nitriles is 1. The monoisotopic (exact) mass is 387 g/mol. The number of nitrogens with one attached hydrogen (secondary N) is 3. The molecular formula is C22H25N7. The van der Waals surface area contributed by atoms with Crippen LogP contribution in [0.25, 0.3) is 0 Å². The molecule has 1 aliphatic carbocycles. The van der Waals surface area contributed by atoms with Crippen LogP contribution in [0.5, 0.6) is 0 Å². The third-order valence-electron chi connectivity index (χ3n) is 5.25. The number of rotatable bonds is 6. The molecule has 1 aromatic carbocycles. The smallest absolute Gasteiger partial charge is 0.229 e. The van der Waals surface area contributed by atoms with Crippen molar-refractivity contribution in [2.45, 2.75) is 51.4 Å². The second-order valence-electron chi connectivity index (χ2n) is 7.54. The van der Waals surface area contributed by atoms with Gasteiger partial charge >= 0.3 is 0 Å². The number of H-pyrrole nitrogens is 1. The zero-order chi connectivity index (χ0) is 20.1. The van der Waals surface area contributed by atoms with Crippen molar-refractivity contribution in [2.24, 2.45) is 0 Å². The minimum absolute atomic E-state index is 0.405. The van der Waals surface area contributed by atoms with Gasteiger partial charge in [-0.3, -0.25) is 5.10 Å². The highest BCUT2D eigenvalue weighted by molar-refractivity contribution is 5.58. The summed E-state index contributed by atoms with van der Waals surface area (Å²) >= 11 is 0. The van der Waals surface area contributed by atoms with E-state index >= 15 is 0 Å². The fourth-order valence-electron chi connectivity index (χ4n) is 3.77. The summed E-state index contributed by atoms with van der Waals surface area (Å²) in [4.78, 5) is 9.03. The molecule has 0 saturated heterocycles. The Bertz CT molecular complexity index is 995. The van der Waals surface area contributed by atoms with Gasteiger partial charge in [0.05, 0.1) is 12.5 Å². The zero-order valence-electron chi connectivity index (χ0n) is 16.6. The fourth-order valence-corrected chi connectivity index (χ4v) is 3.77. The first-order valence-corrected chi connectivity index (χ1v) is 10.1. The Labute approximate surface area is 170 Å². The van der Waals surface area contributed by atoms with E-state index < -0.39 is 0 Å². The van der Waals surface area contributed by atoms with Crippen LogP contribution in [0.2, 0.25) is 0 Å². The van der Waals surface area contributed by atoms with Gasteiger partial charge in [-0.1, -0.05) is 31.4 Å². The average molecular weight is 387 g/mol. The minimum Gasteiger partial charge on any atom is -0.324 e. The lowest BCUT2D eigenvalue weighted by Crippen LogP contribution is -2.04. The molecule has 3 aromatic rings. The summed E-state index contributed by atoms with van der Waals surface area (Å²) in [5, 5.41) is 22.9. The molecule has 3 N–H and O–H groups in total. The van der Waals surface area contributed by atoms with Crippen molar-refractivity contribution in [1.29, 1.82) is 5.26 Å². The zero-order valence-corrected chi connectivity index (χ0v) is 16.6. The molecule has 0 unspecified atom stereocenters. The molecule has 1 fully saturated rings. The summed E-state index contributed by atoms with van der Waals surface area (Å²) < 4.78 is 0. The van der Waals surface area contributed by atoms with Crippen LogP contribution in [0.3, 0.4) is 0 Å². The van der Waals surface area contributed by atoms with E-state index in [1.165, 1.54) is 37.8 Å². The highest BCUT2D eigenvalue weighted by atomic mass is 15.2. The number of anilines is 4. The van der Waals surface area contributed by atoms with E-state index in [4.69, 9.17) is 5.26 Å². The first-order valence-electron chi connectivity index (χ1n) is 10.1. The number of benzene rings is 1. The van der Waals surface area contributed by atoms with Gasteiger partial charge in [-0.15, -0.1) is 0 Å². The Morgan fingerprint density at radius 1 is 1.03 bits per heavy atom. The quantitative estimate of drug-likeness (QED) is 0.543. The fraction of sp³-hybridized carbons (Fsp3) is 0.364. The van der Waals surface area contributed by atoms with E-state index in [9.17, 15) is 0 Å². The normalized spacial score (nSPS) is 14.3. The topological polar surface area (TPSA) is 102 Å². The van der Waals surface area contributed by atoms with E-state index in [-0.39, 0.29) is 0 Å². The minimum atomic E-state index is 0.405. The number of nitrogens with zero attached hydrogens (tertiary/aromatic N) is 4. The maximum absolute atomic E-state index is 8.78. The van der Waals surface area contributed by atoms with Crippen LogP contribution >= 0.6 is 0 Å². The van der Waals surface area contributed by atoms with Gasteiger partial charge in [-0.05, 0) is 37.5 Å². The molecular weight excluding hydrogens is 362 g/mol. The molecule has 1 saturated carbocycles. The summed E-state index contributed by atoms with van der Waals surface area (Å²) in [7, 11) is 0. The molecule has 2 aromatic heterocycles. The summed E-state index contributed by atoms with van der Waals surface area (Å²) in [5.41, 5.74) is 3.92. The average Bonchev–Trinajstić information content (AvgIpc) is 3.18. The molecule has 2 heterocycles. The van der Waals surface area contributed by atoms with Crippen LogP contribution in [0, 0.1) is 18.3 Å². The Hall–Kier alpha value is -3.40. The van der Waals surface area contributed by atoms with Gasteiger partial charge < -0.3 is 10.6 Å². The molecule has 148 valence electrons. The van der Waals surface area contributed by atoms with Crippen LogP contribution < -0.4 is 10.6 Å². The molecule has 29 heavy (non-hydrogen) atoms. The van der Waals surface area contributed by atoms with Gasteiger partial charge in [0.2, 0.25) is 5.95 Å². The van der Waals surface area contributed by atoms with Crippen molar-refractivity contribution in [3.8, 4) is 6.07 Å². The SMILES string of the molecule is Cc1cc(Nc2cc(C3CCCCC3)[nH]n2)nc(Nc2ccc(CC#N)cc2)n1. The molecule has 7 nitrogen and oxygen atoms in total. The number of aromatic nitrogens is 4. The number of hydrogen-bond acceptors (Lipinski definition) is 6. The number of aryl methyl sites for hydroxylation is 1. The predicted octanol–water partition coefficient (Wildman–Crippen LogP) is 5.11. The van der Waals surface area contributed by atoms with Gasteiger partial charge in [0.15, 0.2) is 5.82 Å². The number of hydrogen-bond donors (Lipinski definition) is 3. The summed E-state index contributed by atoms with van der Waals surface area (Å²) in [6.45, 7) is 1.94. The van der Waals surface area contributed by atoms with Crippen molar-refractivity contribution in [2.75, 3.05) is 10.6 Å². The van der Waals surface area contributed by atoms with Gasteiger partial charge in [-0.25, -0.2) is 4.98 Å². The van der Waals surface area contributed by atoms with E-state index in [0.717, 1.165) is 22.8 Å². The Morgan fingerprint density at radius 3 is 2.59 bits per heavy atom. The molecule has 0 atom stereocenters. The third-order valence-corrected chi connectivity index (χ3v) is 5.25. The van der Waals surface area contributed by atoms with E-state index in [1.54, 1.807) is 0 Å². The summed E-state index contributed by atoms with van der Waals surface area (Å²) in [6, 6.07) is 13.9.